The average molecular weight is 306 g/mol. The molecular formula is C20H19FSi. The summed E-state index contributed by atoms with van der Waals surface area (Å²) in [7, 11) is 1.17. The van der Waals surface area contributed by atoms with Crippen molar-refractivity contribution >= 4 is 10.2 Å². The molecule has 110 valence electrons. The van der Waals surface area contributed by atoms with Crippen molar-refractivity contribution in [1.29, 1.82) is 0 Å². The van der Waals surface area contributed by atoms with E-state index in [1.54, 1.807) is 6.07 Å². The van der Waals surface area contributed by atoms with Crippen molar-refractivity contribution in [2.24, 2.45) is 0 Å². The predicted molar refractivity (Wildman–Crippen MR) is 95.7 cm³/mol. The minimum Gasteiger partial charge on any atom is -0.206 e. The van der Waals surface area contributed by atoms with Gasteiger partial charge >= 0.3 is 0 Å². The quantitative estimate of drug-likeness (QED) is 0.632. The first-order chi connectivity index (χ1) is 10.7. The molecule has 3 rings (SSSR count). The van der Waals surface area contributed by atoms with Gasteiger partial charge in [-0.1, -0.05) is 71.8 Å². The van der Waals surface area contributed by atoms with Crippen LogP contribution in [0.1, 0.15) is 11.1 Å². The highest BCUT2D eigenvalue weighted by molar-refractivity contribution is 6.08. The molecule has 3 aromatic rings. The Hall–Kier alpha value is -2.19. The molecule has 0 saturated carbocycles. The summed E-state index contributed by atoms with van der Waals surface area (Å²) in [5, 5.41) is 0. The van der Waals surface area contributed by atoms with Crippen LogP contribution in [0.15, 0.2) is 66.7 Å². The Morgan fingerprint density at radius 1 is 0.773 bits per heavy atom. The Morgan fingerprint density at radius 2 is 1.36 bits per heavy atom. The van der Waals surface area contributed by atoms with Gasteiger partial charge in [-0.2, -0.15) is 0 Å². The molecule has 3 aromatic carbocycles. The molecule has 0 saturated heterocycles. The van der Waals surface area contributed by atoms with E-state index in [4.69, 9.17) is 0 Å². The molecule has 0 N–H and O–H groups in total. The van der Waals surface area contributed by atoms with Crippen molar-refractivity contribution in [3.63, 3.8) is 0 Å². The van der Waals surface area contributed by atoms with E-state index >= 15 is 0 Å². The fourth-order valence-corrected chi connectivity index (χ4v) is 3.07. The van der Waals surface area contributed by atoms with Gasteiger partial charge in [0.15, 0.2) is 0 Å². The monoisotopic (exact) mass is 306 g/mol. The van der Waals surface area contributed by atoms with E-state index in [9.17, 15) is 4.39 Å². The van der Waals surface area contributed by atoms with Crippen molar-refractivity contribution in [2.75, 3.05) is 0 Å². The summed E-state index contributed by atoms with van der Waals surface area (Å²) in [6.07, 6.45) is 0. The average Bonchev–Trinajstić information content (AvgIpc) is 2.56. The van der Waals surface area contributed by atoms with E-state index in [0.717, 1.165) is 22.7 Å². The lowest BCUT2D eigenvalue weighted by Gasteiger charge is -2.08. The smallest absolute Gasteiger partial charge is 0.131 e. The first kappa shape index (κ1) is 14.7. The molecule has 0 bridgehead atoms. The van der Waals surface area contributed by atoms with Crippen LogP contribution in [-0.2, 0) is 6.04 Å². The van der Waals surface area contributed by atoms with Gasteiger partial charge in [-0.3, -0.25) is 0 Å². The lowest BCUT2D eigenvalue weighted by molar-refractivity contribution is 0.632. The van der Waals surface area contributed by atoms with Gasteiger partial charge in [-0.05, 0) is 35.7 Å². The molecule has 0 unspecified atom stereocenters. The number of benzene rings is 3. The lowest BCUT2D eigenvalue weighted by Crippen LogP contribution is -1.88. The van der Waals surface area contributed by atoms with Crippen molar-refractivity contribution in [1.82, 2.24) is 0 Å². The fourth-order valence-electron chi connectivity index (χ4n) is 2.59. The van der Waals surface area contributed by atoms with Crippen molar-refractivity contribution in [2.45, 2.75) is 13.0 Å². The third-order valence-corrected chi connectivity index (χ3v) is 4.84. The molecule has 0 spiro atoms. The summed E-state index contributed by atoms with van der Waals surface area (Å²) in [5.74, 6) is -0.173. The fraction of sp³-hybridized carbons (Fsp3) is 0.100. The van der Waals surface area contributed by atoms with E-state index in [1.165, 1.54) is 21.4 Å². The molecule has 0 atom stereocenters. The molecule has 0 amide bonds. The molecule has 0 aliphatic rings. The summed E-state index contributed by atoms with van der Waals surface area (Å²) in [4.78, 5) is 0. The summed E-state index contributed by atoms with van der Waals surface area (Å²) < 4.78 is 14.5. The highest BCUT2D eigenvalue weighted by Crippen LogP contribution is 2.28. The summed E-state index contributed by atoms with van der Waals surface area (Å²) in [6, 6.07) is 23.0. The zero-order chi connectivity index (χ0) is 15.5. The molecule has 22 heavy (non-hydrogen) atoms. The SMILES string of the molecule is Cc1ccc(-c2ccc(-c3ccc(C[SiH3])cc3)cc2F)cc1. The van der Waals surface area contributed by atoms with Crippen LogP contribution in [0.5, 0.6) is 0 Å². The molecule has 0 aliphatic heterocycles. The Morgan fingerprint density at radius 3 is 1.95 bits per heavy atom. The Kier molecular flexibility index (Phi) is 4.21. The highest BCUT2D eigenvalue weighted by Gasteiger charge is 2.07. The maximum Gasteiger partial charge on any atom is 0.131 e. The second-order valence-corrected chi connectivity index (χ2v) is 6.32. The molecule has 2 heteroatoms. The molecule has 0 nitrogen and oxygen atoms in total. The van der Waals surface area contributed by atoms with Crippen LogP contribution in [-0.4, -0.2) is 10.2 Å². The van der Waals surface area contributed by atoms with Gasteiger partial charge in [0.2, 0.25) is 0 Å². The maximum atomic E-state index is 14.5. The van der Waals surface area contributed by atoms with Crippen LogP contribution < -0.4 is 0 Å². The maximum absolute atomic E-state index is 14.5. The van der Waals surface area contributed by atoms with Crippen LogP contribution in [0, 0.1) is 12.7 Å². The Labute approximate surface area is 134 Å². The van der Waals surface area contributed by atoms with Crippen molar-refractivity contribution in [3.8, 4) is 22.3 Å². The van der Waals surface area contributed by atoms with E-state index in [0.29, 0.717) is 5.56 Å². The lowest BCUT2D eigenvalue weighted by atomic mass is 9.98. The molecule has 0 radical (unpaired) electrons. The standard InChI is InChI=1S/C20H19FSi/c1-14-2-6-17(7-3-14)19-11-10-18(12-20(19)21)16-8-4-15(13-22)5-9-16/h2-12H,13H2,1,22H3. The molecular weight excluding hydrogens is 287 g/mol. The normalized spacial score (nSPS) is 10.8. The van der Waals surface area contributed by atoms with Crippen LogP contribution in [0.25, 0.3) is 22.3 Å². The van der Waals surface area contributed by atoms with Gasteiger partial charge in [-0.15, -0.1) is 0 Å². The summed E-state index contributed by atoms with van der Waals surface area (Å²) in [5.41, 5.74) is 6.09. The van der Waals surface area contributed by atoms with Gasteiger partial charge in [-0.25, -0.2) is 4.39 Å². The van der Waals surface area contributed by atoms with Crippen LogP contribution in [0.3, 0.4) is 0 Å². The minimum atomic E-state index is -0.173. The van der Waals surface area contributed by atoms with Gasteiger partial charge in [0, 0.05) is 15.8 Å². The van der Waals surface area contributed by atoms with Crippen LogP contribution >= 0.6 is 0 Å². The Bertz CT molecular complexity index is 774. The number of halogens is 1. The minimum absolute atomic E-state index is 0.173. The van der Waals surface area contributed by atoms with Gasteiger partial charge in [0.05, 0.1) is 0 Å². The van der Waals surface area contributed by atoms with E-state index in [-0.39, 0.29) is 5.82 Å². The number of aryl methyl sites for hydroxylation is 1. The van der Waals surface area contributed by atoms with Crippen molar-refractivity contribution < 1.29 is 4.39 Å². The Balaban J connectivity index is 1.96. The third-order valence-electron chi connectivity index (χ3n) is 4.03. The molecule has 0 fully saturated rings. The largest absolute Gasteiger partial charge is 0.206 e. The zero-order valence-electron chi connectivity index (χ0n) is 12.9. The second kappa shape index (κ2) is 6.28. The second-order valence-electron chi connectivity index (χ2n) is 5.61. The van der Waals surface area contributed by atoms with E-state index < -0.39 is 0 Å². The zero-order valence-corrected chi connectivity index (χ0v) is 14.9. The van der Waals surface area contributed by atoms with Crippen LogP contribution in [0.4, 0.5) is 4.39 Å². The van der Waals surface area contributed by atoms with Gasteiger partial charge < -0.3 is 0 Å². The van der Waals surface area contributed by atoms with Crippen molar-refractivity contribution in [3.05, 3.63) is 83.7 Å². The number of hydrogen-bond acceptors (Lipinski definition) is 0. The predicted octanol–water partition coefficient (Wildman–Crippen LogP) is 4.33. The third kappa shape index (κ3) is 3.02. The van der Waals surface area contributed by atoms with Gasteiger partial charge in [0.25, 0.3) is 0 Å². The topological polar surface area (TPSA) is 0 Å². The number of rotatable bonds is 3. The molecule has 0 aromatic heterocycles. The summed E-state index contributed by atoms with van der Waals surface area (Å²) >= 11 is 0. The highest BCUT2D eigenvalue weighted by atomic mass is 28.1. The first-order valence-electron chi connectivity index (χ1n) is 7.63. The first-order valence-corrected chi connectivity index (χ1v) is 9.04. The van der Waals surface area contributed by atoms with E-state index in [1.807, 2.05) is 43.3 Å². The van der Waals surface area contributed by atoms with Gasteiger partial charge in [0.1, 0.15) is 5.82 Å². The number of hydrogen-bond donors (Lipinski definition) is 0. The molecule has 0 heterocycles. The van der Waals surface area contributed by atoms with E-state index in [2.05, 4.69) is 24.3 Å². The molecule has 0 aliphatic carbocycles. The summed E-state index contributed by atoms with van der Waals surface area (Å²) in [6.45, 7) is 2.03. The van der Waals surface area contributed by atoms with Crippen LogP contribution in [0.2, 0.25) is 0 Å².